The molecular formula is C35H37Cl2N3O3S. The van der Waals surface area contributed by atoms with Crippen molar-refractivity contribution in [3.8, 4) is 11.8 Å². The maximum Gasteiger partial charge on any atom is 0.255 e. The molecule has 1 aliphatic rings. The van der Waals surface area contributed by atoms with Crippen molar-refractivity contribution in [1.82, 2.24) is 10.2 Å². The number of thiophene rings is 1. The number of nitriles is 1. The van der Waals surface area contributed by atoms with Gasteiger partial charge in [-0.2, -0.15) is 5.26 Å². The predicted molar refractivity (Wildman–Crippen MR) is 177 cm³/mol. The largest absolute Gasteiger partial charge is 0.507 e. The number of fused-ring (bicyclic) bond motifs is 1. The fraction of sp³-hybridized carbons (Fsp3) is 0.371. The monoisotopic (exact) mass is 649 g/mol. The number of aromatic hydroxyl groups is 1. The summed E-state index contributed by atoms with van der Waals surface area (Å²) in [6.07, 6.45) is 5.24. The van der Waals surface area contributed by atoms with E-state index in [-0.39, 0.29) is 29.2 Å². The van der Waals surface area contributed by atoms with Crippen LogP contribution in [0.25, 0.3) is 0 Å². The molecule has 0 aliphatic heterocycles. The third-order valence-electron chi connectivity index (χ3n) is 8.54. The van der Waals surface area contributed by atoms with Gasteiger partial charge in [-0.05, 0) is 92.5 Å². The number of nitrogens with zero attached hydrogens (tertiary/aromatic N) is 2. The second kappa shape index (κ2) is 14.7. The molecule has 2 aromatic heterocycles. The third-order valence-corrected chi connectivity index (χ3v) is 10.4. The second-order valence-electron chi connectivity index (χ2n) is 11.5. The number of amides is 1. The van der Waals surface area contributed by atoms with Crippen molar-refractivity contribution >= 4 is 40.4 Å². The summed E-state index contributed by atoms with van der Waals surface area (Å²) in [6.45, 7) is 5.93. The normalized spacial score (nSPS) is 15.1. The SMILES string of the molecule is CCC(CCc1sc2c(c1C#N)CCC(N(Cc1ccc(C)o1)Cc1ccc(Cl)cc1Cl)C2)CNC(=O)c1ccccc1O. The summed E-state index contributed by atoms with van der Waals surface area (Å²) >= 11 is 14.5. The van der Waals surface area contributed by atoms with E-state index in [2.05, 4.69) is 23.2 Å². The molecule has 2 unspecified atom stereocenters. The van der Waals surface area contributed by atoms with Crippen molar-refractivity contribution in [2.45, 2.75) is 71.5 Å². The van der Waals surface area contributed by atoms with Gasteiger partial charge in [0.05, 0.1) is 17.7 Å². The molecule has 9 heteroatoms. The highest BCUT2D eigenvalue weighted by atomic mass is 35.5. The molecule has 0 fully saturated rings. The van der Waals surface area contributed by atoms with Crippen molar-refractivity contribution in [2.24, 2.45) is 5.92 Å². The van der Waals surface area contributed by atoms with E-state index < -0.39 is 0 Å². The number of halogens is 2. The molecule has 0 saturated heterocycles. The number of hydrogen-bond donors (Lipinski definition) is 2. The lowest BCUT2D eigenvalue weighted by atomic mass is 9.89. The first-order valence-electron chi connectivity index (χ1n) is 15.1. The molecule has 4 aromatic rings. The van der Waals surface area contributed by atoms with Gasteiger partial charge in [-0.25, -0.2) is 0 Å². The number of phenolic OH excluding ortho intramolecular Hbond substituents is 1. The zero-order chi connectivity index (χ0) is 31.2. The van der Waals surface area contributed by atoms with Gasteiger partial charge in [-0.1, -0.05) is 54.7 Å². The van der Waals surface area contributed by atoms with Crippen molar-refractivity contribution in [3.63, 3.8) is 0 Å². The van der Waals surface area contributed by atoms with Crippen LogP contribution in [-0.4, -0.2) is 28.5 Å². The number of carbonyl (C=O) groups is 1. The van der Waals surface area contributed by atoms with E-state index >= 15 is 0 Å². The minimum Gasteiger partial charge on any atom is -0.507 e. The number of aryl methyl sites for hydroxylation is 2. The summed E-state index contributed by atoms with van der Waals surface area (Å²) in [4.78, 5) is 17.5. The Balaban J connectivity index is 1.27. The number of para-hydroxylation sites is 1. The van der Waals surface area contributed by atoms with Crippen molar-refractivity contribution in [1.29, 1.82) is 5.26 Å². The zero-order valence-electron chi connectivity index (χ0n) is 25.0. The molecule has 2 N–H and O–H groups in total. The molecule has 0 saturated carbocycles. The molecule has 2 heterocycles. The molecule has 2 atom stereocenters. The highest BCUT2D eigenvalue weighted by Gasteiger charge is 2.30. The fourth-order valence-electron chi connectivity index (χ4n) is 5.98. The van der Waals surface area contributed by atoms with Crippen LogP contribution in [0, 0.1) is 24.2 Å². The molecule has 0 radical (unpaired) electrons. The molecule has 230 valence electrons. The maximum atomic E-state index is 12.6. The van der Waals surface area contributed by atoms with Gasteiger partial charge in [-0.15, -0.1) is 11.3 Å². The number of nitrogens with one attached hydrogen (secondary N) is 1. The summed E-state index contributed by atoms with van der Waals surface area (Å²) in [5.41, 5.74) is 3.34. The van der Waals surface area contributed by atoms with E-state index in [9.17, 15) is 15.2 Å². The molecule has 0 spiro atoms. The van der Waals surface area contributed by atoms with Gasteiger partial charge in [-0.3, -0.25) is 9.69 Å². The zero-order valence-corrected chi connectivity index (χ0v) is 27.4. The number of phenols is 1. The topological polar surface area (TPSA) is 89.5 Å². The Bertz CT molecular complexity index is 1660. The third kappa shape index (κ3) is 7.68. The molecule has 0 bridgehead atoms. The van der Waals surface area contributed by atoms with Crippen LogP contribution in [-0.2, 0) is 32.4 Å². The summed E-state index contributed by atoms with van der Waals surface area (Å²) in [7, 11) is 0. The van der Waals surface area contributed by atoms with E-state index in [0.717, 1.165) is 66.0 Å². The van der Waals surface area contributed by atoms with E-state index in [1.807, 2.05) is 31.2 Å². The van der Waals surface area contributed by atoms with E-state index in [1.165, 1.54) is 16.5 Å². The van der Waals surface area contributed by atoms with Gasteiger partial charge >= 0.3 is 0 Å². The molecule has 2 aromatic carbocycles. The first kappa shape index (κ1) is 32.1. The Morgan fingerprint density at radius 3 is 2.73 bits per heavy atom. The van der Waals surface area contributed by atoms with Crippen LogP contribution >= 0.6 is 34.5 Å². The van der Waals surface area contributed by atoms with Crippen molar-refractivity contribution < 1.29 is 14.3 Å². The Hall–Kier alpha value is -3.28. The van der Waals surface area contributed by atoms with Crippen molar-refractivity contribution in [3.05, 3.63) is 108 Å². The molecular weight excluding hydrogens is 613 g/mol. The molecule has 1 aliphatic carbocycles. The number of carbonyl (C=O) groups excluding carboxylic acids is 1. The highest BCUT2D eigenvalue weighted by Crippen LogP contribution is 2.38. The number of benzene rings is 2. The smallest absolute Gasteiger partial charge is 0.255 e. The molecule has 1 amide bonds. The van der Waals surface area contributed by atoms with Gasteiger partial charge in [0, 0.05) is 38.9 Å². The van der Waals surface area contributed by atoms with Gasteiger partial charge in [0.1, 0.15) is 23.3 Å². The van der Waals surface area contributed by atoms with Gasteiger partial charge in [0.15, 0.2) is 0 Å². The minimum atomic E-state index is -0.272. The molecule has 5 rings (SSSR count). The van der Waals surface area contributed by atoms with Crippen LogP contribution in [0.4, 0.5) is 0 Å². The quantitative estimate of drug-likeness (QED) is 0.161. The summed E-state index contributed by atoms with van der Waals surface area (Å²) in [5.74, 6) is 1.78. The average Bonchev–Trinajstić information content (AvgIpc) is 3.59. The van der Waals surface area contributed by atoms with Crippen LogP contribution in [0.1, 0.15) is 74.5 Å². The van der Waals surface area contributed by atoms with E-state index in [4.69, 9.17) is 27.6 Å². The van der Waals surface area contributed by atoms with Crippen LogP contribution in [0.3, 0.4) is 0 Å². The van der Waals surface area contributed by atoms with Crippen molar-refractivity contribution in [2.75, 3.05) is 6.54 Å². The maximum absolute atomic E-state index is 12.6. The van der Waals surface area contributed by atoms with Crippen LogP contribution in [0.5, 0.6) is 5.75 Å². The summed E-state index contributed by atoms with van der Waals surface area (Å²) in [5, 5.41) is 24.4. The highest BCUT2D eigenvalue weighted by molar-refractivity contribution is 7.12. The molecule has 6 nitrogen and oxygen atoms in total. The molecule has 44 heavy (non-hydrogen) atoms. The Kier molecular flexibility index (Phi) is 10.7. The van der Waals surface area contributed by atoms with Gasteiger partial charge < -0.3 is 14.8 Å². The van der Waals surface area contributed by atoms with E-state index in [1.54, 1.807) is 35.6 Å². The lowest BCUT2D eigenvalue weighted by Crippen LogP contribution is -2.38. The summed E-state index contributed by atoms with van der Waals surface area (Å²) < 4.78 is 5.96. The minimum absolute atomic E-state index is 0.0201. The Morgan fingerprint density at radius 2 is 2.02 bits per heavy atom. The second-order valence-corrected chi connectivity index (χ2v) is 13.5. The lowest BCUT2D eigenvalue weighted by Gasteiger charge is -2.34. The van der Waals surface area contributed by atoms with Crippen LogP contribution < -0.4 is 5.32 Å². The van der Waals surface area contributed by atoms with Crippen LogP contribution in [0.15, 0.2) is 59.0 Å². The fourth-order valence-corrected chi connectivity index (χ4v) is 7.84. The van der Waals surface area contributed by atoms with Crippen LogP contribution in [0.2, 0.25) is 10.0 Å². The number of hydrogen-bond acceptors (Lipinski definition) is 6. The predicted octanol–water partition coefficient (Wildman–Crippen LogP) is 8.48. The first-order valence-corrected chi connectivity index (χ1v) is 16.7. The number of rotatable bonds is 12. The van der Waals surface area contributed by atoms with Gasteiger partial charge in [0.2, 0.25) is 0 Å². The lowest BCUT2D eigenvalue weighted by molar-refractivity contribution is 0.0943. The standard InChI is InChI=1S/C35H37Cl2N3O3S/c1-3-23(19-39-35(42)29-6-4-5-7-32(29)41)9-15-33-30(18-38)28-14-12-26(17-34(28)44-33)40(21-27-13-8-22(2)43-27)20-24-10-11-25(36)16-31(24)37/h4-8,10-11,13,16,23,26,41H,3,9,12,14-15,17,19-21H2,1-2H3,(H,39,42). The van der Waals surface area contributed by atoms with Gasteiger partial charge in [0.25, 0.3) is 5.91 Å². The Labute approximate surface area is 273 Å². The Morgan fingerprint density at radius 1 is 1.20 bits per heavy atom. The first-order chi connectivity index (χ1) is 21.2. The number of furan rings is 1. The summed E-state index contributed by atoms with van der Waals surface area (Å²) in [6, 6.07) is 19.0. The van der Waals surface area contributed by atoms with E-state index in [0.29, 0.717) is 29.7 Å². The average molecular weight is 651 g/mol.